The lowest BCUT2D eigenvalue weighted by Gasteiger charge is -2.12. The van der Waals surface area contributed by atoms with Crippen LogP contribution in [0.25, 0.3) is 0 Å². The summed E-state index contributed by atoms with van der Waals surface area (Å²) in [4.78, 5) is 11.8. The first kappa shape index (κ1) is 13.1. The maximum atomic E-state index is 11.8. The summed E-state index contributed by atoms with van der Waals surface area (Å²) in [6.45, 7) is 3.49. The molecule has 1 amide bonds. The minimum atomic E-state index is -0.00617. The highest BCUT2D eigenvalue weighted by molar-refractivity contribution is 5.81. The molecular formula is C14H21N3O. The molecule has 4 N–H and O–H groups in total. The van der Waals surface area contributed by atoms with Gasteiger partial charge in [-0.05, 0) is 37.4 Å². The second-order valence-corrected chi connectivity index (χ2v) is 4.90. The van der Waals surface area contributed by atoms with Crippen molar-refractivity contribution in [3.05, 3.63) is 35.4 Å². The van der Waals surface area contributed by atoms with Gasteiger partial charge in [0.2, 0.25) is 5.91 Å². The number of hydrogen-bond donors (Lipinski definition) is 3. The Morgan fingerprint density at radius 3 is 2.78 bits per heavy atom. The van der Waals surface area contributed by atoms with Gasteiger partial charge in [-0.1, -0.05) is 24.3 Å². The van der Waals surface area contributed by atoms with Crippen LogP contribution in [0.2, 0.25) is 0 Å². The monoisotopic (exact) mass is 247 g/mol. The summed E-state index contributed by atoms with van der Waals surface area (Å²) in [5.74, 6) is 0.101. The Labute approximate surface area is 108 Å². The molecular weight excluding hydrogens is 226 g/mol. The van der Waals surface area contributed by atoms with Gasteiger partial charge in [-0.3, -0.25) is 4.79 Å². The second kappa shape index (κ2) is 5.98. The highest BCUT2D eigenvalue weighted by atomic mass is 16.2. The van der Waals surface area contributed by atoms with Crippen LogP contribution in [0.3, 0.4) is 0 Å². The molecule has 1 aromatic carbocycles. The lowest BCUT2D eigenvalue weighted by molar-refractivity contribution is -0.122. The molecule has 0 spiro atoms. The number of carbonyl (C=O) groups excluding carboxylic acids is 1. The summed E-state index contributed by atoms with van der Waals surface area (Å²) in [5, 5.41) is 6.14. The molecule has 1 fully saturated rings. The van der Waals surface area contributed by atoms with Gasteiger partial charge in [0.15, 0.2) is 0 Å². The summed E-state index contributed by atoms with van der Waals surface area (Å²) < 4.78 is 0. The Balaban J connectivity index is 1.84. The number of benzene rings is 1. The molecule has 0 saturated carbocycles. The molecule has 1 saturated heterocycles. The van der Waals surface area contributed by atoms with Gasteiger partial charge in [-0.25, -0.2) is 0 Å². The van der Waals surface area contributed by atoms with E-state index in [2.05, 4.69) is 10.6 Å². The van der Waals surface area contributed by atoms with E-state index in [-0.39, 0.29) is 18.0 Å². The molecule has 4 heteroatoms. The zero-order valence-corrected chi connectivity index (χ0v) is 10.8. The largest absolute Gasteiger partial charge is 0.351 e. The summed E-state index contributed by atoms with van der Waals surface area (Å²) in [7, 11) is 0. The minimum Gasteiger partial charge on any atom is -0.351 e. The number of nitrogens with one attached hydrogen (secondary N) is 2. The Kier molecular flexibility index (Phi) is 4.33. The molecule has 0 aliphatic carbocycles. The van der Waals surface area contributed by atoms with Crippen LogP contribution >= 0.6 is 0 Å². The first-order chi connectivity index (χ1) is 8.66. The van der Waals surface area contributed by atoms with E-state index in [1.54, 1.807) is 0 Å². The van der Waals surface area contributed by atoms with E-state index in [1.807, 2.05) is 31.2 Å². The third-order valence-electron chi connectivity index (χ3n) is 3.35. The van der Waals surface area contributed by atoms with Crippen molar-refractivity contribution in [1.29, 1.82) is 0 Å². The first-order valence-corrected chi connectivity index (χ1v) is 6.52. The smallest absolute Gasteiger partial charge is 0.237 e. The molecule has 0 bridgehead atoms. The maximum absolute atomic E-state index is 11.8. The average molecular weight is 247 g/mol. The van der Waals surface area contributed by atoms with Crippen molar-refractivity contribution in [3.8, 4) is 0 Å². The third-order valence-corrected chi connectivity index (χ3v) is 3.35. The molecule has 0 aromatic heterocycles. The number of nitrogens with two attached hydrogens (primary N) is 1. The Hall–Kier alpha value is -1.39. The van der Waals surface area contributed by atoms with Crippen LogP contribution in [0.4, 0.5) is 0 Å². The lowest BCUT2D eigenvalue weighted by atomic mass is 10.1. The minimum absolute atomic E-state index is 0.00617. The molecule has 1 heterocycles. The molecule has 2 atom stereocenters. The normalized spacial score (nSPS) is 20.7. The van der Waals surface area contributed by atoms with Crippen molar-refractivity contribution in [2.24, 2.45) is 5.73 Å². The fraction of sp³-hybridized carbons (Fsp3) is 0.500. The van der Waals surface area contributed by atoms with Crippen LogP contribution in [0.1, 0.15) is 36.9 Å². The SMILES string of the molecule is CC(N)c1ccc(CNC(=O)C2CCCN2)cc1. The van der Waals surface area contributed by atoms with Crippen LogP contribution in [0.5, 0.6) is 0 Å². The molecule has 1 aliphatic heterocycles. The fourth-order valence-corrected chi connectivity index (χ4v) is 2.16. The van der Waals surface area contributed by atoms with E-state index in [0.717, 1.165) is 30.5 Å². The van der Waals surface area contributed by atoms with Gasteiger partial charge in [0.25, 0.3) is 0 Å². The molecule has 0 radical (unpaired) electrons. The Bertz CT molecular complexity index is 394. The molecule has 18 heavy (non-hydrogen) atoms. The second-order valence-electron chi connectivity index (χ2n) is 4.90. The van der Waals surface area contributed by atoms with Crippen molar-refractivity contribution in [2.75, 3.05) is 6.54 Å². The first-order valence-electron chi connectivity index (χ1n) is 6.52. The number of hydrogen-bond acceptors (Lipinski definition) is 3. The highest BCUT2D eigenvalue weighted by Crippen LogP contribution is 2.11. The molecule has 98 valence electrons. The predicted molar refractivity (Wildman–Crippen MR) is 71.9 cm³/mol. The van der Waals surface area contributed by atoms with Crippen LogP contribution in [-0.4, -0.2) is 18.5 Å². The van der Waals surface area contributed by atoms with Crippen LogP contribution < -0.4 is 16.4 Å². The van der Waals surface area contributed by atoms with E-state index in [4.69, 9.17) is 5.73 Å². The summed E-state index contributed by atoms with van der Waals surface area (Å²) >= 11 is 0. The van der Waals surface area contributed by atoms with Gasteiger partial charge < -0.3 is 16.4 Å². The van der Waals surface area contributed by atoms with Gasteiger partial charge >= 0.3 is 0 Å². The molecule has 2 rings (SSSR count). The van der Waals surface area contributed by atoms with Crippen LogP contribution in [0.15, 0.2) is 24.3 Å². The Morgan fingerprint density at radius 2 is 2.22 bits per heavy atom. The number of rotatable bonds is 4. The topological polar surface area (TPSA) is 67.1 Å². The van der Waals surface area contributed by atoms with E-state index in [1.165, 1.54) is 0 Å². The summed E-state index contributed by atoms with van der Waals surface area (Å²) in [6, 6.07) is 8.10. The van der Waals surface area contributed by atoms with Crippen molar-refractivity contribution < 1.29 is 4.79 Å². The fourth-order valence-electron chi connectivity index (χ4n) is 2.16. The molecule has 1 aromatic rings. The third kappa shape index (κ3) is 3.31. The van der Waals surface area contributed by atoms with Gasteiger partial charge in [0.1, 0.15) is 0 Å². The molecule has 4 nitrogen and oxygen atoms in total. The van der Waals surface area contributed by atoms with Crippen molar-refractivity contribution in [3.63, 3.8) is 0 Å². The van der Waals surface area contributed by atoms with Crippen molar-refractivity contribution in [2.45, 2.75) is 38.4 Å². The number of carbonyl (C=O) groups is 1. The van der Waals surface area contributed by atoms with E-state index < -0.39 is 0 Å². The van der Waals surface area contributed by atoms with Crippen LogP contribution in [-0.2, 0) is 11.3 Å². The standard InChI is InChI=1S/C14H21N3O/c1-10(15)12-6-4-11(5-7-12)9-17-14(18)13-3-2-8-16-13/h4-7,10,13,16H,2-3,8-9,15H2,1H3,(H,17,18). The Morgan fingerprint density at radius 1 is 1.50 bits per heavy atom. The highest BCUT2D eigenvalue weighted by Gasteiger charge is 2.21. The van der Waals surface area contributed by atoms with Gasteiger partial charge in [0, 0.05) is 12.6 Å². The molecule has 2 unspecified atom stereocenters. The zero-order valence-electron chi connectivity index (χ0n) is 10.8. The average Bonchev–Trinajstić information content (AvgIpc) is 2.90. The van der Waals surface area contributed by atoms with Crippen molar-refractivity contribution >= 4 is 5.91 Å². The van der Waals surface area contributed by atoms with E-state index >= 15 is 0 Å². The lowest BCUT2D eigenvalue weighted by Crippen LogP contribution is -2.39. The zero-order chi connectivity index (χ0) is 13.0. The predicted octanol–water partition coefficient (Wildman–Crippen LogP) is 1.07. The quantitative estimate of drug-likeness (QED) is 0.745. The van der Waals surface area contributed by atoms with Gasteiger partial charge in [-0.2, -0.15) is 0 Å². The maximum Gasteiger partial charge on any atom is 0.237 e. The van der Waals surface area contributed by atoms with Gasteiger partial charge in [0.05, 0.1) is 6.04 Å². The van der Waals surface area contributed by atoms with Crippen LogP contribution in [0, 0.1) is 0 Å². The summed E-state index contributed by atoms with van der Waals surface area (Å²) in [6.07, 6.45) is 2.02. The van der Waals surface area contributed by atoms with Crippen molar-refractivity contribution in [1.82, 2.24) is 10.6 Å². The number of amides is 1. The molecule has 1 aliphatic rings. The van der Waals surface area contributed by atoms with Gasteiger partial charge in [-0.15, -0.1) is 0 Å². The van der Waals surface area contributed by atoms with E-state index in [9.17, 15) is 4.79 Å². The van der Waals surface area contributed by atoms with E-state index in [0.29, 0.717) is 6.54 Å². The summed E-state index contributed by atoms with van der Waals surface area (Å²) in [5.41, 5.74) is 8.01.